The lowest BCUT2D eigenvalue weighted by atomic mass is 9.90. The highest BCUT2D eigenvalue weighted by Crippen LogP contribution is 2.18. The summed E-state index contributed by atoms with van der Waals surface area (Å²) >= 11 is 0. The monoisotopic (exact) mass is 169 g/mol. The third kappa shape index (κ3) is 3.29. The van der Waals surface area contributed by atoms with Crippen LogP contribution in [-0.4, -0.2) is 5.54 Å². The van der Waals surface area contributed by atoms with Crippen LogP contribution >= 0.6 is 0 Å². The Morgan fingerprint density at radius 1 is 1.17 bits per heavy atom. The van der Waals surface area contributed by atoms with Crippen LogP contribution in [0.5, 0.6) is 0 Å². The van der Waals surface area contributed by atoms with Crippen molar-refractivity contribution in [2.75, 3.05) is 0 Å². The Morgan fingerprint density at radius 3 is 1.83 bits per heavy atom. The van der Waals surface area contributed by atoms with Gasteiger partial charge >= 0.3 is 0 Å². The molecule has 0 aliphatic carbocycles. The van der Waals surface area contributed by atoms with Gasteiger partial charge in [0.15, 0.2) is 0 Å². The van der Waals surface area contributed by atoms with Crippen molar-refractivity contribution in [3.05, 3.63) is 12.3 Å². The third-order valence-corrected chi connectivity index (χ3v) is 2.62. The summed E-state index contributed by atoms with van der Waals surface area (Å²) in [4.78, 5) is 0. The van der Waals surface area contributed by atoms with Crippen molar-refractivity contribution in [2.24, 2.45) is 11.8 Å². The summed E-state index contributed by atoms with van der Waals surface area (Å²) in [6.45, 7) is 17.2. The summed E-state index contributed by atoms with van der Waals surface area (Å²) in [5.41, 5.74) is 1.29. The van der Waals surface area contributed by atoms with Gasteiger partial charge in [-0.25, -0.2) is 0 Å². The summed E-state index contributed by atoms with van der Waals surface area (Å²) in [7, 11) is 0. The van der Waals surface area contributed by atoms with Crippen molar-refractivity contribution >= 4 is 0 Å². The molecule has 0 aromatic heterocycles. The van der Waals surface area contributed by atoms with Gasteiger partial charge in [0, 0.05) is 11.2 Å². The van der Waals surface area contributed by atoms with E-state index < -0.39 is 0 Å². The van der Waals surface area contributed by atoms with Crippen LogP contribution in [0.15, 0.2) is 12.3 Å². The van der Waals surface area contributed by atoms with E-state index >= 15 is 0 Å². The Bertz CT molecular complexity index is 154. The SMILES string of the molecule is C=C(NC(C)(C)C(C)C)C(C)C. The average Bonchev–Trinajstić information content (AvgIpc) is 1.85. The molecule has 0 amide bonds. The quantitative estimate of drug-likeness (QED) is 0.681. The zero-order valence-electron chi connectivity index (χ0n) is 9.36. The molecule has 0 aliphatic rings. The normalized spacial score (nSPS) is 12.3. The van der Waals surface area contributed by atoms with Crippen LogP contribution in [-0.2, 0) is 0 Å². The van der Waals surface area contributed by atoms with E-state index in [0.717, 1.165) is 5.70 Å². The molecule has 0 bridgehead atoms. The first kappa shape index (κ1) is 11.5. The van der Waals surface area contributed by atoms with Gasteiger partial charge in [-0.1, -0.05) is 34.3 Å². The standard InChI is InChI=1S/C11H23N/c1-8(2)10(5)12-11(6,7)9(3)4/h8-9,12H,5H2,1-4,6-7H3. The zero-order chi connectivity index (χ0) is 9.94. The Labute approximate surface area is 77.2 Å². The molecule has 1 nitrogen and oxygen atoms in total. The predicted molar refractivity (Wildman–Crippen MR) is 56.0 cm³/mol. The molecular formula is C11H23N. The van der Waals surface area contributed by atoms with Crippen LogP contribution in [0.25, 0.3) is 0 Å². The number of nitrogens with one attached hydrogen (secondary N) is 1. The smallest absolute Gasteiger partial charge is 0.0337 e. The number of rotatable bonds is 4. The number of hydrogen-bond donors (Lipinski definition) is 1. The Hall–Kier alpha value is -0.460. The first-order valence-electron chi connectivity index (χ1n) is 4.74. The molecule has 0 saturated heterocycles. The largest absolute Gasteiger partial charge is 0.383 e. The fourth-order valence-electron chi connectivity index (χ4n) is 0.702. The van der Waals surface area contributed by atoms with Crippen LogP contribution in [0.1, 0.15) is 41.5 Å². The molecule has 12 heavy (non-hydrogen) atoms. The van der Waals surface area contributed by atoms with E-state index in [-0.39, 0.29) is 5.54 Å². The first-order chi connectivity index (χ1) is 5.27. The minimum atomic E-state index is 0.154. The van der Waals surface area contributed by atoms with Gasteiger partial charge in [-0.15, -0.1) is 0 Å². The van der Waals surface area contributed by atoms with Crippen LogP contribution < -0.4 is 5.32 Å². The summed E-state index contributed by atoms with van der Waals surface area (Å²) in [5, 5.41) is 3.46. The second kappa shape index (κ2) is 3.97. The lowest BCUT2D eigenvalue weighted by Crippen LogP contribution is -2.44. The average molecular weight is 169 g/mol. The zero-order valence-corrected chi connectivity index (χ0v) is 9.36. The van der Waals surface area contributed by atoms with E-state index in [1.165, 1.54) is 0 Å². The van der Waals surface area contributed by atoms with E-state index in [2.05, 4.69) is 53.4 Å². The fraction of sp³-hybridized carbons (Fsp3) is 0.818. The van der Waals surface area contributed by atoms with Gasteiger partial charge in [0.2, 0.25) is 0 Å². The summed E-state index contributed by atoms with van der Waals surface area (Å²) in [6, 6.07) is 0. The predicted octanol–water partition coefficient (Wildman–Crippen LogP) is 3.18. The molecule has 0 heterocycles. The lowest BCUT2D eigenvalue weighted by molar-refractivity contribution is 0.303. The molecule has 1 heteroatoms. The van der Waals surface area contributed by atoms with Gasteiger partial charge in [0.1, 0.15) is 0 Å². The maximum absolute atomic E-state index is 4.01. The molecule has 0 fully saturated rings. The minimum absolute atomic E-state index is 0.154. The van der Waals surface area contributed by atoms with Crippen LogP contribution in [0.3, 0.4) is 0 Å². The van der Waals surface area contributed by atoms with Crippen molar-refractivity contribution in [3.8, 4) is 0 Å². The maximum Gasteiger partial charge on any atom is 0.0337 e. The lowest BCUT2D eigenvalue weighted by Gasteiger charge is -2.33. The van der Waals surface area contributed by atoms with Gasteiger partial charge in [0.05, 0.1) is 0 Å². The summed E-state index contributed by atoms with van der Waals surface area (Å²) in [6.07, 6.45) is 0. The van der Waals surface area contributed by atoms with Crippen molar-refractivity contribution in [1.29, 1.82) is 0 Å². The van der Waals surface area contributed by atoms with Gasteiger partial charge in [0.25, 0.3) is 0 Å². The molecule has 0 spiro atoms. The second-order valence-electron chi connectivity index (χ2n) is 4.68. The van der Waals surface area contributed by atoms with Gasteiger partial charge in [-0.2, -0.15) is 0 Å². The molecule has 0 rings (SSSR count). The highest BCUT2D eigenvalue weighted by molar-refractivity contribution is 5.00. The molecule has 0 aromatic rings. The van der Waals surface area contributed by atoms with Gasteiger partial charge < -0.3 is 5.32 Å². The Morgan fingerprint density at radius 2 is 1.58 bits per heavy atom. The molecule has 0 saturated carbocycles. The molecule has 0 radical (unpaired) electrons. The van der Waals surface area contributed by atoms with Crippen LogP contribution in [0.4, 0.5) is 0 Å². The third-order valence-electron chi connectivity index (χ3n) is 2.62. The Kier molecular flexibility index (Phi) is 3.82. The molecule has 0 unspecified atom stereocenters. The van der Waals surface area contributed by atoms with E-state index in [1.807, 2.05) is 0 Å². The topological polar surface area (TPSA) is 12.0 Å². The maximum atomic E-state index is 4.01. The van der Waals surface area contributed by atoms with E-state index in [1.54, 1.807) is 0 Å². The summed E-state index contributed by atoms with van der Waals surface area (Å²) in [5.74, 6) is 1.14. The fourth-order valence-corrected chi connectivity index (χ4v) is 0.702. The Balaban J connectivity index is 4.15. The molecular weight excluding hydrogens is 146 g/mol. The molecule has 0 aromatic carbocycles. The highest BCUT2D eigenvalue weighted by atomic mass is 15.0. The van der Waals surface area contributed by atoms with Gasteiger partial charge in [-0.3, -0.25) is 0 Å². The number of allylic oxidation sites excluding steroid dienone is 1. The van der Waals surface area contributed by atoms with Crippen molar-refractivity contribution < 1.29 is 0 Å². The first-order valence-corrected chi connectivity index (χ1v) is 4.74. The van der Waals surface area contributed by atoms with Crippen molar-refractivity contribution in [2.45, 2.75) is 47.1 Å². The minimum Gasteiger partial charge on any atom is -0.383 e. The second-order valence-corrected chi connectivity index (χ2v) is 4.68. The van der Waals surface area contributed by atoms with Crippen molar-refractivity contribution in [1.82, 2.24) is 5.32 Å². The molecule has 0 atom stereocenters. The summed E-state index contributed by atoms with van der Waals surface area (Å²) < 4.78 is 0. The van der Waals surface area contributed by atoms with E-state index in [9.17, 15) is 0 Å². The van der Waals surface area contributed by atoms with Crippen LogP contribution in [0.2, 0.25) is 0 Å². The molecule has 0 aliphatic heterocycles. The van der Waals surface area contributed by atoms with Gasteiger partial charge in [-0.05, 0) is 25.7 Å². The van der Waals surface area contributed by atoms with E-state index in [0.29, 0.717) is 11.8 Å². The van der Waals surface area contributed by atoms with E-state index in [4.69, 9.17) is 0 Å². The van der Waals surface area contributed by atoms with Crippen LogP contribution in [0, 0.1) is 11.8 Å². The molecule has 1 N–H and O–H groups in total. The number of hydrogen-bond acceptors (Lipinski definition) is 1. The molecule has 72 valence electrons. The van der Waals surface area contributed by atoms with Crippen molar-refractivity contribution in [3.63, 3.8) is 0 Å². The highest BCUT2D eigenvalue weighted by Gasteiger charge is 2.22.